The summed E-state index contributed by atoms with van der Waals surface area (Å²) in [6.07, 6.45) is 5.40. The number of amides is 1. The van der Waals surface area contributed by atoms with Gasteiger partial charge in [-0.25, -0.2) is 9.67 Å². The number of hydrogen-bond acceptors (Lipinski definition) is 4. The highest BCUT2D eigenvalue weighted by molar-refractivity contribution is 5.94. The van der Waals surface area contributed by atoms with Crippen LogP contribution in [-0.2, 0) is 0 Å². The lowest BCUT2D eigenvalue weighted by molar-refractivity contribution is 0.0935. The molecule has 140 valence electrons. The van der Waals surface area contributed by atoms with Crippen LogP contribution in [0.1, 0.15) is 35.7 Å². The fourth-order valence-electron chi connectivity index (χ4n) is 3.13. The fourth-order valence-corrected chi connectivity index (χ4v) is 3.13. The van der Waals surface area contributed by atoms with Crippen molar-refractivity contribution in [2.75, 3.05) is 0 Å². The molecular formula is C21H19N5O2. The normalized spacial score (nSPS) is 14.3. The van der Waals surface area contributed by atoms with Crippen LogP contribution in [0.25, 0.3) is 16.9 Å². The highest BCUT2D eigenvalue weighted by atomic mass is 16.2. The Labute approximate surface area is 161 Å². The van der Waals surface area contributed by atoms with Gasteiger partial charge in [0.05, 0.1) is 22.8 Å². The van der Waals surface area contributed by atoms with Crippen molar-refractivity contribution in [1.29, 1.82) is 5.26 Å². The van der Waals surface area contributed by atoms with Gasteiger partial charge in [0, 0.05) is 18.4 Å². The molecular weight excluding hydrogens is 354 g/mol. The third-order valence-corrected chi connectivity index (χ3v) is 5.02. The van der Waals surface area contributed by atoms with Crippen LogP contribution in [0.3, 0.4) is 0 Å². The van der Waals surface area contributed by atoms with Gasteiger partial charge >= 0.3 is 0 Å². The van der Waals surface area contributed by atoms with Crippen molar-refractivity contribution in [3.05, 3.63) is 70.3 Å². The molecule has 2 aromatic heterocycles. The average Bonchev–Trinajstić information content (AvgIpc) is 3.51. The second-order valence-electron chi connectivity index (χ2n) is 7.02. The number of pyridine rings is 1. The van der Waals surface area contributed by atoms with Crippen LogP contribution >= 0.6 is 0 Å². The lowest BCUT2D eigenvalue weighted by atomic mass is 10.1. The van der Waals surface area contributed by atoms with E-state index in [1.165, 1.54) is 10.9 Å². The first-order valence-electron chi connectivity index (χ1n) is 9.15. The number of aromatic amines is 1. The number of nitrogens with one attached hydrogen (secondary N) is 2. The number of nitrogens with zero attached hydrogens (tertiary/aromatic N) is 3. The van der Waals surface area contributed by atoms with E-state index in [-0.39, 0.29) is 17.5 Å². The second kappa shape index (κ2) is 7.16. The van der Waals surface area contributed by atoms with Crippen LogP contribution in [-0.4, -0.2) is 26.7 Å². The molecule has 28 heavy (non-hydrogen) atoms. The summed E-state index contributed by atoms with van der Waals surface area (Å²) in [5, 5.41) is 14.8. The van der Waals surface area contributed by atoms with Crippen LogP contribution in [0.2, 0.25) is 0 Å². The Kier molecular flexibility index (Phi) is 4.53. The highest BCUT2D eigenvalue weighted by Crippen LogP contribution is 2.32. The van der Waals surface area contributed by atoms with Crippen LogP contribution in [0.5, 0.6) is 0 Å². The molecule has 1 atom stereocenters. The highest BCUT2D eigenvalue weighted by Gasteiger charge is 2.29. The van der Waals surface area contributed by atoms with E-state index in [1.54, 1.807) is 42.6 Å². The van der Waals surface area contributed by atoms with Gasteiger partial charge in [-0.15, -0.1) is 0 Å². The van der Waals surface area contributed by atoms with Gasteiger partial charge in [-0.2, -0.15) is 5.26 Å². The fraction of sp³-hybridized carbons (Fsp3) is 0.238. The van der Waals surface area contributed by atoms with E-state index < -0.39 is 0 Å². The summed E-state index contributed by atoms with van der Waals surface area (Å²) in [4.78, 5) is 29.3. The predicted molar refractivity (Wildman–Crippen MR) is 104 cm³/mol. The number of H-pyrrole nitrogens is 1. The third-order valence-electron chi connectivity index (χ3n) is 5.02. The van der Waals surface area contributed by atoms with E-state index >= 15 is 0 Å². The Morgan fingerprint density at radius 1 is 1.29 bits per heavy atom. The summed E-state index contributed by atoms with van der Waals surface area (Å²) >= 11 is 0. The predicted octanol–water partition coefficient (Wildman–Crippen LogP) is 2.63. The molecule has 4 rings (SSSR count). The lowest BCUT2D eigenvalue weighted by Crippen LogP contribution is -2.34. The molecule has 0 radical (unpaired) electrons. The van der Waals surface area contributed by atoms with Crippen LogP contribution in [0.4, 0.5) is 0 Å². The van der Waals surface area contributed by atoms with Crippen molar-refractivity contribution < 1.29 is 4.79 Å². The molecule has 2 heterocycles. The van der Waals surface area contributed by atoms with Gasteiger partial charge in [0.1, 0.15) is 0 Å². The van der Waals surface area contributed by atoms with Gasteiger partial charge in [0.25, 0.3) is 11.5 Å². The smallest absolute Gasteiger partial charge is 0.280 e. The van der Waals surface area contributed by atoms with Gasteiger partial charge in [0.15, 0.2) is 5.82 Å². The topological polar surface area (TPSA) is 104 Å². The largest absolute Gasteiger partial charge is 0.349 e. The van der Waals surface area contributed by atoms with Gasteiger partial charge in [-0.05, 0) is 55.5 Å². The molecule has 0 saturated heterocycles. The summed E-state index contributed by atoms with van der Waals surface area (Å²) in [6, 6.07) is 12.3. The van der Waals surface area contributed by atoms with Gasteiger partial charge < -0.3 is 5.32 Å². The number of carbonyl (C=O) groups is 1. The van der Waals surface area contributed by atoms with Crippen molar-refractivity contribution in [2.45, 2.75) is 25.8 Å². The minimum Gasteiger partial charge on any atom is -0.349 e. The number of nitriles is 1. The maximum absolute atomic E-state index is 12.7. The van der Waals surface area contributed by atoms with E-state index in [4.69, 9.17) is 5.26 Å². The number of hydrogen-bond donors (Lipinski definition) is 2. The zero-order valence-corrected chi connectivity index (χ0v) is 15.3. The van der Waals surface area contributed by atoms with E-state index in [0.29, 0.717) is 34.0 Å². The summed E-state index contributed by atoms with van der Waals surface area (Å²) in [5.41, 5.74) is 1.93. The molecule has 1 amide bonds. The summed E-state index contributed by atoms with van der Waals surface area (Å²) in [5.74, 6) is 0.821. The lowest BCUT2D eigenvalue weighted by Gasteiger charge is -2.12. The Balaban J connectivity index is 1.54. The van der Waals surface area contributed by atoms with Crippen molar-refractivity contribution >= 4 is 5.91 Å². The number of benzene rings is 1. The number of rotatable bonds is 5. The molecule has 7 nitrogen and oxygen atoms in total. The minimum atomic E-state index is -0.253. The van der Waals surface area contributed by atoms with E-state index in [2.05, 4.69) is 21.5 Å². The Bertz CT molecular complexity index is 1100. The summed E-state index contributed by atoms with van der Waals surface area (Å²) < 4.78 is 1.32. The zero-order chi connectivity index (χ0) is 19.7. The van der Waals surface area contributed by atoms with Gasteiger partial charge in [-0.3, -0.25) is 14.7 Å². The van der Waals surface area contributed by atoms with Gasteiger partial charge in [-0.1, -0.05) is 12.1 Å². The van der Waals surface area contributed by atoms with Crippen molar-refractivity contribution in [1.82, 2.24) is 20.1 Å². The number of aromatic nitrogens is 3. The minimum absolute atomic E-state index is 0.157. The maximum atomic E-state index is 12.7. The molecule has 7 heteroatoms. The Hall–Kier alpha value is -3.66. The first kappa shape index (κ1) is 17.7. The maximum Gasteiger partial charge on any atom is 0.280 e. The van der Waals surface area contributed by atoms with E-state index in [0.717, 1.165) is 12.8 Å². The van der Waals surface area contributed by atoms with E-state index in [9.17, 15) is 9.59 Å². The first-order chi connectivity index (χ1) is 13.6. The second-order valence-corrected chi connectivity index (χ2v) is 7.02. The van der Waals surface area contributed by atoms with Crippen molar-refractivity contribution in [3.63, 3.8) is 0 Å². The molecule has 1 saturated carbocycles. The average molecular weight is 373 g/mol. The van der Waals surface area contributed by atoms with Gasteiger partial charge in [0.2, 0.25) is 0 Å². The number of carbonyl (C=O) groups excluding carboxylic acids is 1. The Morgan fingerprint density at radius 2 is 2.04 bits per heavy atom. The summed E-state index contributed by atoms with van der Waals surface area (Å²) in [7, 11) is 0. The summed E-state index contributed by atoms with van der Waals surface area (Å²) in [6.45, 7) is 2.01. The molecule has 1 aliphatic rings. The molecule has 1 aliphatic carbocycles. The van der Waals surface area contributed by atoms with Crippen molar-refractivity contribution in [2.24, 2.45) is 5.92 Å². The molecule has 1 aromatic carbocycles. The molecule has 1 fully saturated rings. The SMILES string of the molecule is CC(NC(=O)c1ccc(-n2[nH]cc(-c3ccc(C#N)cc3)c2=O)nc1)C1CC1. The molecule has 1 unspecified atom stereocenters. The Morgan fingerprint density at radius 3 is 2.64 bits per heavy atom. The van der Waals surface area contributed by atoms with Crippen molar-refractivity contribution in [3.8, 4) is 23.0 Å². The van der Waals surface area contributed by atoms with Crippen LogP contribution in [0.15, 0.2) is 53.6 Å². The zero-order valence-electron chi connectivity index (χ0n) is 15.3. The van der Waals surface area contributed by atoms with E-state index in [1.807, 2.05) is 6.92 Å². The molecule has 0 bridgehead atoms. The molecule has 3 aromatic rings. The molecule has 0 spiro atoms. The monoisotopic (exact) mass is 373 g/mol. The molecule has 2 N–H and O–H groups in total. The van der Waals surface area contributed by atoms with Crippen LogP contribution in [0, 0.1) is 17.2 Å². The quantitative estimate of drug-likeness (QED) is 0.717. The van der Waals surface area contributed by atoms with Crippen LogP contribution < -0.4 is 10.9 Å². The molecule has 0 aliphatic heterocycles. The first-order valence-corrected chi connectivity index (χ1v) is 9.15. The standard InChI is InChI=1S/C21H19N5O2/c1-13(15-6-7-15)25-20(27)17-8-9-19(23-11-17)26-21(28)18(12-24-26)16-4-2-14(10-22)3-5-16/h2-5,8-9,11-13,15,24H,6-7H2,1H3,(H,25,27). The third kappa shape index (κ3) is 3.45.